The normalized spacial score (nSPS) is 32.4. The maximum absolute atomic E-state index is 13.9. The molecule has 1 aromatic carbocycles. The number of amides is 3. The molecule has 3 heterocycles. The molecule has 3 aliphatic heterocycles. The van der Waals surface area contributed by atoms with Gasteiger partial charge in [0.2, 0.25) is 17.7 Å². The first kappa shape index (κ1) is 24.9. The van der Waals surface area contributed by atoms with Crippen molar-refractivity contribution in [1.82, 2.24) is 10.2 Å². The van der Waals surface area contributed by atoms with Crippen LogP contribution in [0.25, 0.3) is 0 Å². The van der Waals surface area contributed by atoms with Gasteiger partial charge in [0.05, 0.1) is 36.3 Å². The Morgan fingerprint density at radius 1 is 1.24 bits per heavy atom. The molecule has 1 spiro atoms. The van der Waals surface area contributed by atoms with E-state index < -0.39 is 33.4 Å². The van der Waals surface area contributed by atoms with Crippen molar-refractivity contribution < 1.29 is 24.2 Å². The minimum Gasteiger partial charge on any atom is -0.497 e. The third-order valence-electron chi connectivity index (χ3n) is 7.73. The fourth-order valence-electron chi connectivity index (χ4n) is 6.11. The van der Waals surface area contributed by atoms with E-state index in [0.717, 1.165) is 12.8 Å². The lowest BCUT2D eigenvalue weighted by atomic mass is 9.66. The van der Waals surface area contributed by atoms with Crippen LogP contribution in [0.5, 0.6) is 5.75 Å². The second kappa shape index (κ2) is 9.41. The van der Waals surface area contributed by atoms with Crippen molar-refractivity contribution >= 4 is 35.2 Å². The number of rotatable bonds is 9. The van der Waals surface area contributed by atoms with E-state index in [2.05, 4.69) is 17.6 Å². The molecule has 34 heavy (non-hydrogen) atoms. The minimum absolute atomic E-state index is 0.106. The Labute approximate surface area is 205 Å². The fourth-order valence-corrected chi connectivity index (χ4v) is 8.46. The lowest BCUT2D eigenvalue weighted by molar-refractivity contribution is -0.142. The smallest absolute Gasteiger partial charge is 0.248 e. The van der Waals surface area contributed by atoms with Crippen LogP contribution < -0.4 is 15.4 Å². The number of fused-ring (bicyclic) bond motifs is 1. The molecule has 3 N–H and O–H groups in total. The topological polar surface area (TPSA) is 108 Å². The van der Waals surface area contributed by atoms with Crippen molar-refractivity contribution in [2.75, 3.05) is 25.6 Å². The first-order valence-corrected chi connectivity index (χ1v) is 12.9. The van der Waals surface area contributed by atoms with E-state index in [1.165, 1.54) is 0 Å². The summed E-state index contributed by atoms with van der Waals surface area (Å²) >= 11 is 1.63. The van der Waals surface area contributed by atoms with Crippen LogP contribution in [0.15, 0.2) is 24.3 Å². The van der Waals surface area contributed by atoms with E-state index in [-0.39, 0.29) is 24.3 Å². The largest absolute Gasteiger partial charge is 0.497 e. The molecule has 2 bridgehead atoms. The molecular weight excluding hydrogens is 454 g/mol. The Kier molecular flexibility index (Phi) is 6.88. The first-order valence-electron chi connectivity index (χ1n) is 12.1. The molecule has 186 valence electrons. The number of carbonyl (C=O) groups excluding carboxylic acids is 3. The molecule has 3 saturated heterocycles. The number of ether oxygens (including phenoxy) is 1. The zero-order valence-electron chi connectivity index (χ0n) is 20.3. The summed E-state index contributed by atoms with van der Waals surface area (Å²) in [5.74, 6) is -0.977. The number of likely N-dealkylation sites (tertiary alicyclic amines) is 1. The second-order valence-electron chi connectivity index (χ2n) is 9.73. The number of nitrogens with zero attached hydrogens (tertiary/aromatic N) is 1. The number of aliphatic hydroxyl groups excluding tert-OH is 1. The number of anilines is 1. The van der Waals surface area contributed by atoms with Crippen LogP contribution in [0.3, 0.4) is 0 Å². The molecule has 3 aliphatic rings. The Morgan fingerprint density at radius 2 is 1.94 bits per heavy atom. The van der Waals surface area contributed by atoms with Crippen molar-refractivity contribution in [3.8, 4) is 5.75 Å². The number of thioether (sulfide) groups is 1. The average Bonchev–Trinajstić information content (AvgIpc) is 3.40. The van der Waals surface area contributed by atoms with Crippen molar-refractivity contribution in [2.24, 2.45) is 11.8 Å². The molecule has 3 fully saturated rings. The van der Waals surface area contributed by atoms with E-state index in [1.54, 1.807) is 48.0 Å². The van der Waals surface area contributed by atoms with Crippen LogP contribution in [-0.4, -0.2) is 69.6 Å². The van der Waals surface area contributed by atoms with Crippen LogP contribution in [0.1, 0.15) is 46.5 Å². The van der Waals surface area contributed by atoms with Gasteiger partial charge in [-0.2, -0.15) is 0 Å². The van der Waals surface area contributed by atoms with Crippen LogP contribution >= 0.6 is 11.8 Å². The van der Waals surface area contributed by atoms with Gasteiger partial charge in [0.1, 0.15) is 11.8 Å². The zero-order chi connectivity index (χ0) is 24.7. The monoisotopic (exact) mass is 489 g/mol. The summed E-state index contributed by atoms with van der Waals surface area (Å²) in [6.45, 7) is 6.28. The van der Waals surface area contributed by atoms with Gasteiger partial charge in [-0.1, -0.05) is 13.8 Å². The molecule has 0 aliphatic carbocycles. The molecule has 4 rings (SSSR count). The molecule has 0 radical (unpaired) electrons. The van der Waals surface area contributed by atoms with E-state index in [9.17, 15) is 19.5 Å². The summed E-state index contributed by atoms with van der Waals surface area (Å²) in [6.07, 6.45) is 2.78. The maximum Gasteiger partial charge on any atom is 0.248 e. The predicted molar refractivity (Wildman–Crippen MR) is 132 cm³/mol. The Bertz CT molecular complexity index is 952. The van der Waals surface area contributed by atoms with Gasteiger partial charge in [-0.15, -0.1) is 11.8 Å². The summed E-state index contributed by atoms with van der Waals surface area (Å²) in [7, 11) is 1.58. The fraction of sp³-hybridized carbons (Fsp3) is 0.640. The third kappa shape index (κ3) is 3.77. The van der Waals surface area contributed by atoms with E-state index in [0.29, 0.717) is 30.8 Å². The highest BCUT2D eigenvalue weighted by Gasteiger charge is 2.77. The number of hydrogen-bond acceptors (Lipinski definition) is 6. The molecular formula is C25H35N3O5S. The second-order valence-corrected chi connectivity index (χ2v) is 11.6. The standard InChI is InChI=1S/C25H35N3O5S/c1-5-13-26-21(30)18-19-23(32)28(16(6-2)14-29)20(25(19)12-11-24(18,3)34-25)22(31)27-15-7-9-17(33-4)10-8-15/h7-10,16,18-20,29H,5-6,11-14H2,1-4H3,(H,26,30)(H,27,31)/t16-,18+,19-,20?,24-,25?/m0/s1. The van der Waals surface area contributed by atoms with Gasteiger partial charge in [-0.25, -0.2) is 0 Å². The Balaban J connectivity index is 1.72. The van der Waals surface area contributed by atoms with Crippen LogP contribution in [0, 0.1) is 11.8 Å². The highest BCUT2D eigenvalue weighted by molar-refractivity contribution is 8.02. The summed E-state index contributed by atoms with van der Waals surface area (Å²) in [4.78, 5) is 42.6. The molecule has 9 heteroatoms. The first-order chi connectivity index (χ1) is 16.3. The minimum atomic E-state index is -0.764. The quantitative estimate of drug-likeness (QED) is 0.492. The number of carbonyl (C=O) groups is 3. The van der Waals surface area contributed by atoms with Gasteiger partial charge in [0.25, 0.3) is 0 Å². The third-order valence-corrected chi connectivity index (χ3v) is 9.71. The van der Waals surface area contributed by atoms with Crippen molar-refractivity contribution in [1.29, 1.82) is 0 Å². The van der Waals surface area contributed by atoms with Crippen LogP contribution in [0.4, 0.5) is 5.69 Å². The van der Waals surface area contributed by atoms with E-state index in [1.807, 2.05) is 13.8 Å². The molecule has 3 amide bonds. The average molecular weight is 490 g/mol. The molecule has 6 atom stereocenters. The summed E-state index contributed by atoms with van der Waals surface area (Å²) < 4.78 is 4.11. The maximum atomic E-state index is 13.9. The summed E-state index contributed by atoms with van der Waals surface area (Å²) in [6, 6.07) is 5.81. The summed E-state index contributed by atoms with van der Waals surface area (Å²) in [5, 5.41) is 16.1. The number of aliphatic hydroxyl groups is 1. The SMILES string of the molecule is CCCNC(=O)[C@H]1[C@H]2C(=O)N([C@@H](CC)CO)C(C(=O)Nc3ccc(OC)cc3)C23CC[C@]1(C)S3. The summed E-state index contributed by atoms with van der Waals surface area (Å²) in [5.41, 5.74) is 0.607. The zero-order valence-corrected chi connectivity index (χ0v) is 21.1. The number of hydrogen-bond donors (Lipinski definition) is 3. The highest BCUT2D eigenvalue weighted by Crippen LogP contribution is 2.71. The van der Waals surface area contributed by atoms with E-state index >= 15 is 0 Å². The molecule has 0 saturated carbocycles. The van der Waals surface area contributed by atoms with Crippen molar-refractivity contribution in [2.45, 2.75) is 68.0 Å². The number of methoxy groups -OCH3 is 1. The van der Waals surface area contributed by atoms with Crippen LogP contribution in [0.2, 0.25) is 0 Å². The lowest BCUT2D eigenvalue weighted by Gasteiger charge is -2.36. The predicted octanol–water partition coefficient (Wildman–Crippen LogP) is 2.41. The van der Waals surface area contributed by atoms with E-state index in [4.69, 9.17) is 4.74 Å². The molecule has 2 unspecified atom stereocenters. The lowest BCUT2D eigenvalue weighted by Crippen LogP contribution is -2.54. The molecule has 1 aromatic rings. The number of nitrogens with one attached hydrogen (secondary N) is 2. The van der Waals surface area contributed by atoms with Gasteiger partial charge in [0.15, 0.2) is 0 Å². The van der Waals surface area contributed by atoms with Gasteiger partial charge < -0.3 is 25.4 Å². The Morgan fingerprint density at radius 3 is 2.53 bits per heavy atom. The van der Waals surface area contributed by atoms with Gasteiger partial charge in [-0.3, -0.25) is 14.4 Å². The number of benzene rings is 1. The van der Waals surface area contributed by atoms with Gasteiger partial charge >= 0.3 is 0 Å². The van der Waals surface area contributed by atoms with Crippen molar-refractivity contribution in [3.05, 3.63) is 24.3 Å². The Hall–Kier alpha value is -2.26. The molecule has 8 nitrogen and oxygen atoms in total. The van der Waals surface area contributed by atoms with Gasteiger partial charge in [0, 0.05) is 17.0 Å². The van der Waals surface area contributed by atoms with Crippen molar-refractivity contribution in [3.63, 3.8) is 0 Å². The highest BCUT2D eigenvalue weighted by atomic mass is 32.2. The van der Waals surface area contributed by atoms with Crippen LogP contribution in [-0.2, 0) is 14.4 Å². The molecule has 0 aromatic heterocycles. The van der Waals surface area contributed by atoms with Gasteiger partial charge in [-0.05, 0) is 56.9 Å².